The molecule has 0 amide bonds. The van der Waals surface area contributed by atoms with Crippen molar-refractivity contribution in [3.8, 4) is 0 Å². The quantitative estimate of drug-likeness (QED) is 0.418. The van der Waals surface area contributed by atoms with E-state index in [2.05, 4.69) is 36.3 Å². The zero-order valence-electron chi connectivity index (χ0n) is 15.7. The van der Waals surface area contributed by atoms with Crippen LogP contribution in [0.15, 0.2) is 28.2 Å². The van der Waals surface area contributed by atoms with Gasteiger partial charge in [-0.3, -0.25) is 9.36 Å². The van der Waals surface area contributed by atoms with E-state index in [1.807, 2.05) is 4.68 Å². The zero-order valence-corrected chi connectivity index (χ0v) is 17.3. The molecule has 0 saturated heterocycles. The first kappa shape index (κ1) is 19.8. The van der Waals surface area contributed by atoms with Crippen LogP contribution in [0.25, 0.3) is 10.9 Å². The molecule has 0 radical (unpaired) electrons. The van der Waals surface area contributed by atoms with Crippen LogP contribution in [0.4, 0.5) is 0 Å². The summed E-state index contributed by atoms with van der Waals surface area (Å²) in [6, 6.07) is 5.22. The van der Waals surface area contributed by atoms with Crippen molar-refractivity contribution in [1.82, 2.24) is 29.8 Å². The molecule has 0 spiro atoms. The number of nitrogens with zero attached hydrogens (tertiary/aromatic N) is 6. The predicted octanol–water partition coefficient (Wildman–Crippen LogP) is 3.78. The number of hydrogen-bond donors (Lipinski definition) is 0. The molecule has 3 rings (SSSR count). The van der Waals surface area contributed by atoms with E-state index in [4.69, 9.17) is 16.6 Å². The van der Waals surface area contributed by atoms with Crippen LogP contribution in [0, 0.1) is 5.92 Å². The largest absolute Gasteiger partial charge is 0.287 e. The summed E-state index contributed by atoms with van der Waals surface area (Å²) >= 11 is 7.55. The van der Waals surface area contributed by atoms with Crippen molar-refractivity contribution in [2.45, 2.75) is 57.6 Å². The highest BCUT2D eigenvalue weighted by Gasteiger charge is 2.15. The summed E-state index contributed by atoms with van der Waals surface area (Å²) < 4.78 is 3.55. The SMILES string of the molecule is CCCCn1nnnc1CSc1nc2ccc(Cl)cc2c(=O)n1CC(C)C. The molecule has 0 aliphatic rings. The van der Waals surface area contributed by atoms with Gasteiger partial charge < -0.3 is 0 Å². The van der Waals surface area contributed by atoms with E-state index < -0.39 is 0 Å². The summed E-state index contributed by atoms with van der Waals surface area (Å²) in [6.07, 6.45) is 2.10. The molecule has 9 heteroatoms. The van der Waals surface area contributed by atoms with Crippen molar-refractivity contribution in [3.05, 3.63) is 39.4 Å². The van der Waals surface area contributed by atoms with Gasteiger partial charge in [-0.25, -0.2) is 9.67 Å². The molecule has 0 fully saturated rings. The van der Waals surface area contributed by atoms with Gasteiger partial charge in [-0.15, -0.1) is 5.10 Å². The van der Waals surface area contributed by atoms with Gasteiger partial charge in [0.1, 0.15) is 0 Å². The fraction of sp³-hybridized carbons (Fsp3) is 0.500. The molecule has 0 aliphatic heterocycles. The topological polar surface area (TPSA) is 78.5 Å². The van der Waals surface area contributed by atoms with Crippen molar-refractivity contribution >= 4 is 34.3 Å². The van der Waals surface area contributed by atoms with E-state index in [1.165, 1.54) is 11.8 Å². The molecule has 7 nitrogen and oxygen atoms in total. The lowest BCUT2D eigenvalue weighted by molar-refractivity contribution is 0.475. The number of hydrogen-bond acceptors (Lipinski definition) is 6. The third kappa shape index (κ3) is 4.68. The molecule has 3 aromatic rings. The molecule has 0 atom stereocenters. The Morgan fingerprint density at radius 2 is 2.11 bits per heavy atom. The minimum atomic E-state index is -0.0655. The van der Waals surface area contributed by atoms with Crippen molar-refractivity contribution in [3.63, 3.8) is 0 Å². The Labute approximate surface area is 167 Å². The fourth-order valence-electron chi connectivity index (χ4n) is 2.75. The first-order valence-corrected chi connectivity index (χ1v) is 10.4. The zero-order chi connectivity index (χ0) is 19.4. The first-order valence-electron chi connectivity index (χ1n) is 9.07. The standard InChI is InChI=1S/C18H23ClN6OS/c1-4-5-8-25-16(21-22-23-25)11-27-18-20-15-7-6-13(19)9-14(15)17(26)24(18)10-12(2)3/h6-7,9,12H,4-5,8,10-11H2,1-3H3. The maximum absolute atomic E-state index is 13.0. The summed E-state index contributed by atoms with van der Waals surface area (Å²) in [5.74, 6) is 1.66. The second-order valence-corrected chi connectivity index (χ2v) is 8.20. The van der Waals surface area contributed by atoms with Crippen molar-refractivity contribution in [1.29, 1.82) is 0 Å². The van der Waals surface area contributed by atoms with Gasteiger partial charge in [0.25, 0.3) is 5.56 Å². The lowest BCUT2D eigenvalue weighted by Crippen LogP contribution is -2.25. The molecule has 0 bridgehead atoms. The number of aryl methyl sites for hydroxylation is 1. The van der Waals surface area contributed by atoms with Crippen LogP contribution in [0.2, 0.25) is 5.02 Å². The van der Waals surface area contributed by atoms with Crippen molar-refractivity contribution < 1.29 is 0 Å². The molecular formula is C18H23ClN6OS. The Hall–Kier alpha value is -1.93. The molecule has 1 aromatic carbocycles. The summed E-state index contributed by atoms with van der Waals surface area (Å²) in [5.41, 5.74) is 0.585. The Bertz CT molecular complexity index is 984. The lowest BCUT2D eigenvalue weighted by Gasteiger charge is -2.15. The van der Waals surface area contributed by atoms with Gasteiger partial charge >= 0.3 is 0 Å². The molecule has 0 saturated carbocycles. The smallest absolute Gasteiger partial charge is 0.262 e. The van der Waals surface area contributed by atoms with E-state index in [1.54, 1.807) is 22.8 Å². The number of thioether (sulfide) groups is 1. The number of halogens is 1. The Balaban J connectivity index is 1.94. The Morgan fingerprint density at radius 3 is 2.85 bits per heavy atom. The van der Waals surface area contributed by atoms with E-state index in [9.17, 15) is 4.79 Å². The van der Waals surface area contributed by atoms with Crippen molar-refractivity contribution in [2.75, 3.05) is 0 Å². The van der Waals surface area contributed by atoms with Gasteiger partial charge in [0.2, 0.25) is 0 Å². The van der Waals surface area contributed by atoms with Gasteiger partial charge in [0, 0.05) is 18.1 Å². The number of rotatable bonds is 8. The summed E-state index contributed by atoms with van der Waals surface area (Å²) in [7, 11) is 0. The lowest BCUT2D eigenvalue weighted by atomic mass is 10.2. The summed E-state index contributed by atoms with van der Waals surface area (Å²) in [6.45, 7) is 7.68. The van der Waals surface area contributed by atoms with Gasteiger partial charge in [0.15, 0.2) is 11.0 Å². The molecule has 0 unspecified atom stereocenters. The minimum Gasteiger partial charge on any atom is -0.287 e. The summed E-state index contributed by atoms with van der Waals surface area (Å²) in [5, 5.41) is 13.7. The average Bonchev–Trinajstić information content (AvgIpc) is 3.08. The predicted molar refractivity (Wildman–Crippen MR) is 108 cm³/mol. The third-order valence-electron chi connectivity index (χ3n) is 4.09. The van der Waals surface area contributed by atoms with E-state index >= 15 is 0 Å². The summed E-state index contributed by atoms with van der Waals surface area (Å²) in [4.78, 5) is 17.7. The van der Waals surface area contributed by atoms with Gasteiger partial charge in [0.05, 0.1) is 16.7 Å². The van der Waals surface area contributed by atoms with Gasteiger partial charge in [-0.05, 0) is 41.0 Å². The fourth-order valence-corrected chi connectivity index (χ4v) is 3.86. The number of benzene rings is 1. The van der Waals surface area contributed by atoms with E-state index in [0.717, 1.165) is 25.2 Å². The van der Waals surface area contributed by atoms with Gasteiger partial charge in [-0.1, -0.05) is 50.6 Å². The second kappa shape index (κ2) is 8.84. The second-order valence-electron chi connectivity index (χ2n) is 6.83. The molecule has 2 heterocycles. The van der Waals surface area contributed by atoms with Crippen LogP contribution in [-0.2, 0) is 18.8 Å². The van der Waals surface area contributed by atoms with Crippen molar-refractivity contribution in [2.24, 2.45) is 5.92 Å². The van der Waals surface area contributed by atoms with Crippen LogP contribution >= 0.6 is 23.4 Å². The molecule has 0 N–H and O–H groups in total. The van der Waals surface area contributed by atoms with Gasteiger partial charge in [-0.2, -0.15) is 0 Å². The molecule has 2 aromatic heterocycles. The first-order chi connectivity index (χ1) is 13.0. The van der Waals surface area contributed by atoms with E-state index in [-0.39, 0.29) is 5.56 Å². The van der Waals surface area contributed by atoms with Crippen LogP contribution in [0.3, 0.4) is 0 Å². The Morgan fingerprint density at radius 1 is 1.30 bits per heavy atom. The monoisotopic (exact) mass is 406 g/mol. The Kier molecular flexibility index (Phi) is 6.49. The highest BCUT2D eigenvalue weighted by atomic mass is 35.5. The average molecular weight is 407 g/mol. The van der Waals surface area contributed by atoms with Crippen LogP contribution in [-0.4, -0.2) is 29.8 Å². The maximum atomic E-state index is 13.0. The molecule has 27 heavy (non-hydrogen) atoms. The third-order valence-corrected chi connectivity index (χ3v) is 5.30. The minimum absolute atomic E-state index is 0.0655. The highest BCUT2D eigenvalue weighted by molar-refractivity contribution is 7.98. The normalized spacial score (nSPS) is 11.6. The number of tetrazole rings is 1. The maximum Gasteiger partial charge on any atom is 0.262 e. The van der Waals surface area contributed by atoms with Crippen LogP contribution in [0.5, 0.6) is 0 Å². The van der Waals surface area contributed by atoms with Crippen LogP contribution in [0.1, 0.15) is 39.4 Å². The molecular weight excluding hydrogens is 384 g/mol. The highest BCUT2D eigenvalue weighted by Crippen LogP contribution is 2.23. The number of aromatic nitrogens is 6. The number of unbranched alkanes of at least 4 members (excludes halogenated alkanes) is 1. The molecule has 144 valence electrons. The van der Waals surface area contributed by atoms with E-state index in [0.29, 0.717) is 39.3 Å². The van der Waals surface area contributed by atoms with Crippen LogP contribution < -0.4 is 5.56 Å². The molecule has 0 aliphatic carbocycles. The number of fused-ring (bicyclic) bond motifs is 1.